The molecular formula is C26H47NO4SSi2. The molecule has 0 radical (unpaired) electrons. The highest BCUT2D eigenvalue weighted by Gasteiger charge is 2.44. The number of rotatable bonds is 10. The van der Waals surface area contributed by atoms with Crippen molar-refractivity contribution in [3.8, 4) is 11.5 Å². The highest BCUT2D eigenvalue weighted by Crippen LogP contribution is 2.41. The SMILES string of the molecule is COCO[C@@H](C#C[Si](C)(C)C)[C@H](N[S@@](=O)C(C)(C)C)[C@H](O[Si](C)(C)C(C)(C)C)c1ccccc1. The van der Waals surface area contributed by atoms with Gasteiger partial charge in [-0.3, -0.25) is 0 Å². The molecule has 0 amide bonds. The Morgan fingerprint density at radius 1 is 1.00 bits per heavy atom. The fourth-order valence-corrected chi connectivity index (χ4v) is 5.43. The number of benzene rings is 1. The highest BCUT2D eigenvalue weighted by atomic mass is 32.2. The zero-order valence-electron chi connectivity index (χ0n) is 23.4. The lowest BCUT2D eigenvalue weighted by molar-refractivity contribution is -0.0726. The monoisotopic (exact) mass is 525 g/mol. The summed E-state index contributed by atoms with van der Waals surface area (Å²) in [6, 6.07) is 9.67. The second-order valence-corrected chi connectivity index (χ2v) is 23.8. The van der Waals surface area contributed by atoms with Crippen molar-refractivity contribution in [1.29, 1.82) is 0 Å². The summed E-state index contributed by atoms with van der Waals surface area (Å²) in [6.45, 7) is 23.7. The van der Waals surface area contributed by atoms with E-state index in [1.807, 2.05) is 39.0 Å². The van der Waals surface area contributed by atoms with Gasteiger partial charge in [0.1, 0.15) is 21.0 Å². The summed E-state index contributed by atoms with van der Waals surface area (Å²) in [7, 11) is -3.66. The molecule has 34 heavy (non-hydrogen) atoms. The molecule has 0 aliphatic rings. The van der Waals surface area contributed by atoms with Gasteiger partial charge in [0.05, 0.1) is 27.9 Å². The minimum atomic E-state index is -2.21. The summed E-state index contributed by atoms with van der Waals surface area (Å²) in [5.74, 6) is 3.37. The Morgan fingerprint density at radius 3 is 2.00 bits per heavy atom. The Balaban J connectivity index is 3.71. The van der Waals surface area contributed by atoms with Crippen LogP contribution in [0.2, 0.25) is 37.8 Å². The maximum absolute atomic E-state index is 13.4. The third-order valence-electron chi connectivity index (χ3n) is 5.76. The molecule has 194 valence electrons. The maximum atomic E-state index is 13.4. The molecule has 1 aromatic rings. The molecule has 0 bridgehead atoms. The summed E-state index contributed by atoms with van der Waals surface area (Å²) < 4.78 is 34.7. The first-order valence-corrected chi connectivity index (χ1v) is 19.5. The van der Waals surface area contributed by atoms with Crippen LogP contribution in [0.1, 0.15) is 53.2 Å². The topological polar surface area (TPSA) is 56.8 Å². The Morgan fingerprint density at radius 2 is 1.56 bits per heavy atom. The van der Waals surface area contributed by atoms with E-state index in [0.29, 0.717) is 0 Å². The predicted molar refractivity (Wildman–Crippen MR) is 150 cm³/mol. The van der Waals surface area contributed by atoms with Gasteiger partial charge in [-0.15, -0.1) is 5.54 Å². The lowest BCUT2D eigenvalue weighted by Crippen LogP contribution is -2.53. The van der Waals surface area contributed by atoms with Crippen molar-refractivity contribution in [3.05, 3.63) is 35.9 Å². The van der Waals surface area contributed by atoms with Crippen LogP contribution in [0.5, 0.6) is 0 Å². The Kier molecular flexibility index (Phi) is 11.4. The van der Waals surface area contributed by atoms with Gasteiger partial charge in [-0.1, -0.05) is 76.7 Å². The fourth-order valence-electron chi connectivity index (χ4n) is 2.73. The van der Waals surface area contributed by atoms with Gasteiger partial charge in [0, 0.05) is 7.11 Å². The zero-order valence-corrected chi connectivity index (χ0v) is 26.2. The molecule has 0 aliphatic carbocycles. The number of hydrogen-bond donors (Lipinski definition) is 1. The van der Waals surface area contributed by atoms with E-state index in [4.69, 9.17) is 13.9 Å². The molecule has 1 aromatic carbocycles. The second kappa shape index (κ2) is 12.4. The number of nitrogens with one attached hydrogen (secondary N) is 1. The van der Waals surface area contributed by atoms with E-state index < -0.39 is 50.4 Å². The average molecular weight is 526 g/mol. The molecule has 0 aliphatic heterocycles. The maximum Gasteiger partial charge on any atom is 0.192 e. The molecule has 0 saturated heterocycles. The second-order valence-electron chi connectivity index (χ2n) is 12.2. The van der Waals surface area contributed by atoms with Crippen LogP contribution in [0.4, 0.5) is 0 Å². The molecule has 4 atom stereocenters. The van der Waals surface area contributed by atoms with Gasteiger partial charge in [0.2, 0.25) is 0 Å². The molecule has 0 aromatic heterocycles. The van der Waals surface area contributed by atoms with Crippen molar-refractivity contribution < 1.29 is 18.1 Å². The van der Waals surface area contributed by atoms with Crippen molar-refractivity contribution in [2.45, 2.75) is 102 Å². The first-order chi connectivity index (χ1) is 15.4. The largest absolute Gasteiger partial charge is 0.408 e. The van der Waals surface area contributed by atoms with Crippen molar-refractivity contribution in [2.75, 3.05) is 13.9 Å². The van der Waals surface area contributed by atoms with E-state index in [0.717, 1.165) is 5.56 Å². The van der Waals surface area contributed by atoms with Gasteiger partial charge in [-0.25, -0.2) is 8.93 Å². The third-order valence-corrected chi connectivity index (χ3v) is 12.7. The summed E-state index contributed by atoms with van der Waals surface area (Å²) in [6.07, 6.45) is -0.959. The molecule has 1 rings (SSSR count). The Hall–Kier alpha value is -0.796. The van der Waals surface area contributed by atoms with Crippen molar-refractivity contribution in [3.63, 3.8) is 0 Å². The minimum absolute atomic E-state index is 0.000639. The van der Waals surface area contributed by atoms with Gasteiger partial charge in [0.25, 0.3) is 0 Å². The molecule has 0 saturated carbocycles. The van der Waals surface area contributed by atoms with E-state index >= 15 is 0 Å². The quantitative estimate of drug-likeness (QED) is 0.230. The van der Waals surface area contributed by atoms with Crippen LogP contribution in [0.25, 0.3) is 0 Å². The van der Waals surface area contributed by atoms with Gasteiger partial charge >= 0.3 is 0 Å². The van der Waals surface area contributed by atoms with Crippen LogP contribution in [0, 0.1) is 11.5 Å². The lowest BCUT2D eigenvalue weighted by atomic mass is 9.99. The Bertz CT molecular complexity index is 846. The third kappa shape index (κ3) is 10.1. The fraction of sp³-hybridized carbons (Fsp3) is 0.692. The minimum Gasteiger partial charge on any atom is -0.408 e. The van der Waals surface area contributed by atoms with Crippen LogP contribution in [0.3, 0.4) is 0 Å². The van der Waals surface area contributed by atoms with Crippen molar-refractivity contribution >= 4 is 27.4 Å². The van der Waals surface area contributed by atoms with Crippen LogP contribution < -0.4 is 4.72 Å². The zero-order chi connectivity index (χ0) is 26.4. The van der Waals surface area contributed by atoms with E-state index in [1.165, 1.54) is 0 Å². The lowest BCUT2D eigenvalue weighted by Gasteiger charge is -2.43. The van der Waals surface area contributed by atoms with Gasteiger partial charge in [-0.2, -0.15) is 0 Å². The van der Waals surface area contributed by atoms with Gasteiger partial charge in [-0.05, 0) is 44.5 Å². The molecule has 0 unspecified atom stereocenters. The highest BCUT2D eigenvalue weighted by molar-refractivity contribution is 7.84. The molecule has 0 spiro atoms. The normalized spacial score (nSPS) is 16.8. The standard InChI is InChI=1S/C26H47NO4SSi2/c1-25(2,3)32(28)27-23(22(30-20-29-7)18-19-33(8,9)10)24(21-16-14-13-15-17-21)31-34(11,12)26(4,5)6/h13-17,22-24,27H,20H2,1-12H3/t22-,23-,24+,32-/m0/s1. The van der Waals surface area contributed by atoms with E-state index in [1.54, 1.807) is 7.11 Å². The van der Waals surface area contributed by atoms with Crippen LogP contribution in [0.15, 0.2) is 30.3 Å². The van der Waals surface area contributed by atoms with Crippen LogP contribution >= 0.6 is 0 Å². The summed E-state index contributed by atoms with van der Waals surface area (Å²) in [5.41, 5.74) is 4.46. The van der Waals surface area contributed by atoms with Crippen molar-refractivity contribution in [2.24, 2.45) is 0 Å². The molecule has 5 nitrogen and oxygen atoms in total. The molecule has 0 heterocycles. The summed E-state index contributed by atoms with van der Waals surface area (Å²) >= 11 is 0. The molecule has 0 fully saturated rings. The number of ether oxygens (including phenoxy) is 2. The molecule has 8 heteroatoms. The molecule has 1 N–H and O–H groups in total. The number of methoxy groups -OCH3 is 1. The first kappa shape index (κ1) is 31.2. The Labute approximate surface area is 213 Å². The summed E-state index contributed by atoms with van der Waals surface area (Å²) in [5, 5.41) is 0.000639. The van der Waals surface area contributed by atoms with Gasteiger partial charge in [0.15, 0.2) is 8.32 Å². The van der Waals surface area contributed by atoms with E-state index in [2.05, 4.69) is 81.8 Å². The summed E-state index contributed by atoms with van der Waals surface area (Å²) in [4.78, 5) is 0. The van der Waals surface area contributed by atoms with Crippen LogP contribution in [-0.4, -0.2) is 51.4 Å². The van der Waals surface area contributed by atoms with Crippen LogP contribution in [-0.2, 0) is 24.9 Å². The average Bonchev–Trinajstić information content (AvgIpc) is 2.69. The van der Waals surface area contributed by atoms with E-state index in [9.17, 15) is 4.21 Å². The smallest absolute Gasteiger partial charge is 0.192 e. The molecular weight excluding hydrogens is 479 g/mol. The number of hydrogen-bond acceptors (Lipinski definition) is 4. The predicted octanol–water partition coefficient (Wildman–Crippen LogP) is 6.04. The first-order valence-electron chi connectivity index (χ1n) is 11.9. The van der Waals surface area contributed by atoms with Crippen molar-refractivity contribution in [1.82, 2.24) is 4.72 Å². The van der Waals surface area contributed by atoms with E-state index in [-0.39, 0.29) is 11.8 Å². The van der Waals surface area contributed by atoms with Gasteiger partial charge < -0.3 is 13.9 Å².